The lowest BCUT2D eigenvalue weighted by atomic mass is 10.3. The number of hydrogen-bond donors (Lipinski definition) is 3. The number of aliphatic hydroxyl groups is 1. The summed E-state index contributed by atoms with van der Waals surface area (Å²) >= 11 is 0. The Morgan fingerprint density at radius 2 is 2.04 bits per heavy atom. The van der Waals surface area contributed by atoms with E-state index in [4.69, 9.17) is 9.84 Å². The van der Waals surface area contributed by atoms with Gasteiger partial charge in [-0.1, -0.05) is 6.07 Å². The minimum atomic E-state index is -0.299. The molecule has 130 valence electrons. The number of nitrogens with zero attached hydrogens (tertiary/aromatic N) is 2. The summed E-state index contributed by atoms with van der Waals surface area (Å²) in [6.45, 7) is 0.858. The number of nitrogens with one attached hydrogen (secondary N) is 2. The molecule has 0 bridgehead atoms. The Labute approximate surface area is 145 Å². The summed E-state index contributed by atoms with van der Waals surface area (Å²) < 4.78 is 7.67. The zero-order valence-corrected chi connectivity index (χ0v) is 13.7. The molecule has 0 unspecified atom stereocenters. The van der Waals surface area contributed by atoms with Crippen LogP contribution in [0.15, 0.2) is 54.9 Å². The average molecular weight is 340 g/mol. The first-order valence-electron chi connectivity index (χ1n) is 8.06. The van der Waals surface area contributed by atoms with Crippen molar-refractivity contribution in [3.05, 3.63) is 60.6 Å². The van der Waals surface area contributed by atoms with Gasteiger partial charge in [0.1, 0.15) is 18.0 Å². The van der Waals surface area contributed by atoms with E-state index in [0.717, 1.165) is 11.3 Å². The van der Waals surface area contributed by atoms with Crippen LogP contribution >= 0.6 is 0 Å². The second-order valence-corrected chi connectivity index (χ2v) is 5.47. The third kappa shape index (κ3) is 4.71. The van der Waals surface area contributed by atoms with E-state index in [-0.39, 0.29) is 12.6 Å². The molecule has 25 heavy (non-hydrogen) atoms. The Bertz CT molecular complexity index is 797. The normalized spacial score (nSPS) is 10.6. The maximum atomic E-state index is 11.6. The molecule has 3 rings (SSSR count). The fourth-order valence-corrected chi connectivity index (χ4v) is 2.30. The Morgan fingerprint density at radius 3 is 2.80 bits per heavy atom. The molecule has 0 radical (unpaired) electrons. The molecule has 7 nitrogen and oxygen atoms in total. The van der Waals surface area contributed by atoms with Crippen molar-refractivity contribution in [2.45, 2.75) is 13.0 Å². The summed E-state index contributed by atoms with van der Waals surface area (Å²) in [7, 11) is 0. The largest absolute Gasteiger partial charge is 0.487 e. The highest BCUT2D eigenvalue weighted by atomic mass is 16.5. The van der Waals surface area contributed by atoms with Gasteiger partial charge in [-0.3, -0.25) is 0 Å². The zero-order valence-electron chi connectivity index (χ0n) is 13.7. The third-order valence-corrected chi connectivity index (χ3v) is 3.53. The number of amides is 2. The number of anilines is 1. The fraction of sp³-hybridized carbons (Fsp3) is 0.222. The van der Waals surface area contributed by atoms with E-state index >= 15 is 0 Å². The summed E-state index contributed by atoms with van der Waals surface area (Å²) in [5, 5.41) is 14.1. The molecular weight excluding hydrogens is 320 g/mol. The molecule has 0 aliphatic carbocycles. The molecule has 2 aromatic heterocycles. The van der Waals surface area contributed by atoms with E-state index in [2.05, 4.69) is 15.6 Å². The highest BCUT2D eigenvalue weighted by molar-refractivity contribution is 5.89. The van der Waals surface area contributed by atoms with E-state index in [1.165, 1.54) is 0 Å². The van der Waals surface area contributed by atoms with Crippen LogP contribution in [0.2, 0.25) is 0 Å². The number of urea groups is 1. The van der Waals surface area contributed by atoms with Crippen molar-refractivity contribution in [2.75, 3.05) is 18.5 Å². The standard InChI is InChI=1S/C18H20N4O3/c23-11-3-9-19-18(24)21-14-5-7-16(8-6-14)25-13-15-12-22-10-2-1-4-17(22)20-15/h1-2,4-8,10,12,23H,3,9,11,13H2,(H2,19,21,24). The lowest BCUT2D eigenvalue weighted by molar-refractivity contribution is 0.249. The Hall–Kier alpha value is -3.06. The summed E-state index contributed by atoms with van der Waals surface area (Å²) in [5.74, 6) is 0.697. The van der Waals surface area contributed by atoms with Crippen molar-refractivity contribution in [2.24, 2.45) is 0 Å². The van der Waals surface area contributed by atoms with Gasteiger partial charge < -0.3 is 24.9 Å². The van der Waals surface area contributed by atoms with Crippen molar-refractivity contribution in [3.8, 4) is 5.75 Å². The van der Waals surface area contributed by atoms with Crippen LogP contribution < -0.4 is 15.4 Å². The topological polar surface area (TPSA) is 87.9 Å². The summed E-state index contributed by atoms with van der Waals surface area (Å²) in [4.78, 5) is 16.1. The quantitative estimate of drug-likeness (QED) is 0.576. The molecular formula is C18H20N4O3. The number of hydrogen-bond acceptors (Lipinski definition) is 4. The number of ether oxygens (including phenoxy) is 1. The molecule has 0 spiro atoms. The molecule has 0 saturated heterocycles. The number of imidazole rings is 1. The number of benzene rings is 1. The molecule has 3 N–H and O–H groups in total. The maximum Gasteiger partial charge on any atom is 0.319 e. The predicted molar refractivity (Wildman–Crippen MR) is 94.7 cm³/mol. The minimum Gasteiger partial charge on any atom is -0.487 e. The highest BCUT2D eigenvalue weighted by Crippen LogP contribution is 2.17. The number of fused-ring (bicyclic) bond motifs is 1. The van der Waals surface area contributed by atoms with E-state index < -0.39 is 0 Å². The van der Waals surface area contributed by atoms with Gasteiger partial charge in [-0.15, -0.1) is 0 Å². The first-order chi connectivity index (χ1) is 12.2. The van der Waals surface area contributed by atoms with Gasteiger partial charge in [0, 0.05) is 31.2 Å². The van der Waals surface area contributed by atoms with Gasteiger partial charge in [0.05, 0.1) is 5.69 Å². The summed E-state index contributed by atoms with van der Waals surface area (Å²) in [6.07, 6.45) is 4.41. The van der Waals surface area contributed by atoms with Crippen LogP contribution in [0.1, 0.15) is 12.1 Å². The molecule has 0 aliphatic heterocycles. The van der Waals surface area contributed by atoms with Gasteiger partial charge in [0.15, 0.2) is 0 Å². The van der Waals surface area contributed by atoms with Crippen LogP contribution in [0.5, 0.6) is 5.75 Å². The Balaban J connectivity index is 1.51. The fourth-order valence-electron chi connectivity index (χ4n) is 2.30. The number of carbonyl (C=O) groups is 1. The number of aliphatic hydroxyl groups excluding tert-OH is 1. The van der Waals surface area contributed by atoms with Gasteiger partial charge in [-0.25, -0.2) is 9.78 Å². The second-order valence-electron chi connectivity index (χ2n) is 5.47. The van der Waals surface area contributed by atoms with Crippen LogP contribution in [0.4, 0.5) is 10.5 Å². The van der Waals surface area contributed by atoms with Gasteiger partial charge in [0.2, 0.25) is 0 Å². The number of pyridine rings is 1. The molecule has 2 amide bonds. The molecule has 7 heteroatoms. The predicted octanol–water partition coefficient (Wildman–Crippen LogP) is 2.42. The van der Waals surface area contributed by atoms with Gasteiger partial charge in [-0.05, 0) is 42.8 Å². The third-order valence-electron chi connectivity index (χ3n) is 3.53. The second kappa shape index (κ2) is 8.16. The summed E-state index contributed by atoms with van der Waals surface area (Å²) in [5.41, 5.74) is 2.39. The smallest absolute Gasteiger partial charge is 0.319 e. The first kappa shape index (κ1) is 16.8. The molecule has 1 aromatic carbocycles. The molecule has 0 aliphatic rings. The van der Waals surface area contributed by atoms with Gasteiger partial charge in [0.25, 0.3) is 0 Å². The van der Waals surface area contributed by atoms with Crippen LogP contribution in [-0.2, 0) is 6.61 Å². The lowest BCUT2D eigenvalue weighted by Crippen LogP contribution is -2.29. The zero-order chi connectivity index (χ0) is 17.5. The van der Waals surface area contributed by atoms with Crippen LogP contribution in [0.25, 0.3) is 5.65 Å². The van der Waals surface area contributed by atoms with Gasteiger partial charge >= 0.3 is 6.03 Å². The van der Waals surface area contributed by atoms with Crippen molar-refractivity contribution >= 4 is 17.4 Å². The average Bonchev–Trinajstić information content (AvgIpc) is 3.04. The molecule has 0 fully saturated rings. The summed E-state index contributed by atoms with van der Waals surface area (Å²) in [6, 6.07) is 12.7. The van der Waals surface area contributed by atoms with E-state index in [1.54, 1.807) is 24.3 Å². The highest BCUT2D eigenvalue weighted by Gasteiger charge is 2.04. The van der Waals surface area contributed by atoms with Crippen molar-refractivity contribution in [3.63, 3.8) is 0 Å². The minimum absolute atomic E-state index is 0.0542. The van der Waals surface area contributed by atoms with Crippen LogP contribution in [-0.4, -0.2) is 33.7 Å². The monoisotopic (exact) mass is 340 g/mol. The molecule has 2 heterocycles. The number of rotatable bonds is 7. The van der Waals surface area contributed by atoms with Crippen molar-refractivity contribution in [1.29, 1.82) is 0 Å². The van der Waals surface area contributed by atoms with E-state index in [9.17, 15) is 4.79 Å². The first-order valence-corrected chi connectivity index (χ1v) is 8.06. The number of carbonyl (C=O) groups excluding carboxylic acids is 1. The van der Waals surface area contributed by atoms with Crippen molar-refractivity contribution < 1.29 is 14.6 Å². The van der Waals surface area contributed by atoms with Crippen molar-refractivity contribution in [1.82, 2.24) is 14.7 Å². The molecule has 3 aromatic rings. The van der Waals surface area contributed by atoms with E-state index in [1.807, 2.05) is 35.0 Å². The maximum absolute atomic E-state index is 11.6. The molecule has 0 saturated carbocycles. The van der Waals surface area contributed by atoms with Crippen LogP contribution in [0.3, 0.4) is 0 Å². The lowest BCUT2D eigenvalue weighted by Gasteiger charge is -2.08. The molecule has 0 atom stereocenters. The Morgan fingerprint density at radius 1 is 1.20 bits per heavy atom. The Kier molecular flexibility index (Phi) is 5.48. The van der Waals surface area contributed by atoms with E-state index in [0.29, 0.717) is 31.0 Å². The SMILES string of the molecule is O=C(NCCCO)Nc1ccc(OCc2cn3ccccc3n2)cc1. The van der Waals surface area contributed by atoms with Crippen LogP contribution in [0, 0.1) is 0 Å². The van der Waals surface area contributed by atoms with Gasteiger partial charge in [-0.2, -0.15) is 0 Å². The number of aromatic nitrogens is 2.